The van der Waals surface area contributed by atoms with Crippen molar-refractivity contribution < 1.29 is 9.84 Å². The third-order valence-corrected chi connectivity index (χ3v) is 4.15. The van der Waals surface area contributed by atoms with Gasteiger partial charge in [-0.25, -0.2) is 0 Å². The van der Waals surface area contributed by atoms with Crippen molar-refractivity contribution in [1.82, 2.24) is 4.90 Å². The van der Waals surface area contributed by atoms with Gasteiger partial charge in [0.25, 0.3) is 0 Å². The van der Waals surface area contributed by atoms with Gasteiger partial charge < -0.3 is 9.84 Å². The van der Waals surface area contributed by atoms with E-state index in [0.717, 1.165) is 37.5 Å². The molecule has 4 heteroatoms. The standard InChI is InChI=1S/C15H21NO2S/c1-2-13-11-16(8-10-18-13)12-15-7-6-14(19-15)5-3-4-9-17/h6-7,13,17H,2,4,8-12H2,1H3. The first-order valence-corrected chi connectivity index (χ1v) is 7.66. The smallest absolute Gasteiger partial charge is 0.0771 e. The molecule has 1 aliphatic rings. The fraction of sp³-hybridized carbons (Fsp3) is 0.600. The molecule has 3 nitrogen and oxygen atoms in total. The molecular formula is C15H21NO2S. The molecule has 104 valence electrons. The van der Waals surface area contributed by atoms with Crippen LogP contribution >= 0.6 is 11.3 Å². The molecule has 2 rings (SSSR count). The zero-order valence-corrected chi connectivity index (χ0v) is 12.2. The minimum Gasteiger partial charge on any atom is -0.395 e. The molecule has 1 saturated heterocycles. The third-order valence-electron chi connectivity index (χ3n) is 3.17. The van der Waals surface area contributed by atoms with E-state index in [1.54, 1.807) is 11.3 Å². The van der Waals surface area contributed by atoms with E-state index in [4.69, 9.17) is 9.84 Å². The summed E-state index contributed by atoms with van der Waals surface area (Å²) in [4.78, 5) is 4.89. The molecule has 1 atom stereocenters. The van der Waals surface area contributed by atoms with Crippen LogP contribution in [0.2, 0.25) is 0 Å². The van der Waals surface area contributed by atoms with E-state index in [2.05, 4.69) is 35.8 Å². The van der Waals surface area contributed by atoms with Crippen molar-refractivity contribution >= 4 is 11.3 Å². The van der Waals surface area contributed by atoms with Crippen LogP contribution in [-0.2, 0) is 11.3 Å². The second-order valence-corrected chi connectivity index (χ2v) is 5.85. The van der Waals surface area contributed by atoms with Crippen LogP contribution in [-0.4, -0.2) is 42.4 Å². The molecule has 0 aromatic carbocycles. The minimum absolute atomic E-state index is 0.136. The zero-order valence-electron chi connectivity index (χ0n) is 11.4. The van der Waals surface area contributed by atoms with Gasteiger partial charge in [0.05, 0.1) is 24.2 Å². The molecule has 0 spiro atoms. The maximum Gasteiger partial charge on any atom is 0.0771 e. The first kappa shape index (κ1) is 14.5. The molecule has 0 saturated carbocycles. The van der Waals surface area contributed by atoms with Crippen LogP contribution in [0.3, 0.4) is 0 Å². The number of rotatable bonds is 4. The lowest BCUT2D eigenvalue weighted by molar-refractivity contribution is -0.0321. The number of hydrogen-bond donors (Lipinski definition) is 1. The molecular weight excluding hydrogens is 258 g/mol. The average Bonchev–Trinajstić information content (AvgIpc) is 2.87. The van der Waals surface area contributed by atoms with Crippen LogP contribution in [0.1, 0.15) is 29.5 Å². The van der Waals surface area contributed by atoms with Gasteiger partial charge in [0.2, 0.25) is 0 Å². The highest BCUT2D eigenvalue weighted by Crippen LogP contribution is 2.19. The van der Waals surface area contributed by atoms with Crippen LogP contribution in [0, 0.1) is 11.8 Å². The van der Waals surface area contributed by atoms with Gasteiger partial charge in [0, 0.05) is 30.9 Å². The summed E-state index contributed by atoms with van der Waals surface area (Å²) in [5.41, 5.74) is 0. The molecule has 2 heterocycles. The van der Waals surface area contributed by atoms with Gasteiger partial charge in [-0.05, 0) is 18.6 Å². The van der Waals surface area contributed by atoms with Gasteiger partial charge in [-0.3, -0.25) is 4.90 Å². The van der Waals surface area contributed by atoms with Crippen LogP contribution in [0.5, 0.6) is 0 Å². The molecule has 19 heavy (non-hydrogen) atoms. The van der Waals surface area contributed by atoms with Gasteiger partial charge >= 0.3 is 0 Å². The number of morpholine rings is 1. The van der Waals surface area contributed by atoms with Crippen LogP contribution < -0.4 is 0 Å². The van der Waals surface area contributed by atoms with Crippen molar-refractivity contribution in [2.45, 2.75) is 32.4 Å². The maximum atomic E-state index is 8.70. The molecule has 1 fully saturated rings. The summed E-state index contributed by atoms with van der Waals surface area (Å²) in [6.07, 6.45) is 2.02. The third kappa shape index (κ3) is 4.63. The Morgan fingerprint density at radius 1 is 1.53 bits per heavy atom. The lowest BCUT2D eigenvalue weighted by atomic mass is 10.2. The first-order chi connectivity index (χ1) is 9.31. The molecule has 0 aliphatic carbocycles. The van der Waals surface area contributed by atoms with E-state index in [-0.39, 0.29) is 6.61 Å². The van der Waals surface area contributed by atoms with Gasteiger partial charge in [0.1, 0.15) is 0 Å². The Morgan fingerprint density at radius 2 is 2.42 bits per heavy atom. The van der Waals surface area contributed by atoms with E-state index in [9.17, 15) is 0 Å². The van der Waals surface area contributed by atoms with E-state index in [0.29, 0.717) is 12.5 Å². The predicted octanol–water partition coefficient (Wildman–Crippen LogP) is 2.09. The fourth-order valence-electron chi connectivity index (χ4n) is 2.13. The maximum absolute atomic E-state index is 8.70. The predicted molar refractivity (Wildman–Crippen MR) is 78.2 cm³/mol. The highest BCUT2D eigenvalue weighted by Gasteiger charge is 2.19. The summed E-state index contributed by atoms with van der Waals surface area (Å²) < 4.78 is 5.68. The Bertz CT molecular complexity index is 446. The van der Waals surface area contributed by atoms with Crippen molar-refractivity contribution in [3.63, 3.8) is 0 Å². The monoisotopic (exact) mass is 279 g/mol. The summed E-state index contributed by atoms with van der Waals surface area (Å²) in [6.45, 7) is 6.19. The number of aliphatic hydroxyl groups excluding tert-OH is 1. The number of hydrogen-bond acceptors (Lipinski definition) is 4. The summed E-state index contributed by atoms with van der Waals surface area (Å²) in [5.74, 6) is 6.05. The Balaban J connectivity index is 1.87. The summed E-state index contributed by atoms with van der Waals surface area (Å²) in [7, 11) is 0. The number of ether oxygens (including phenoxy) is 1. The fourth-order valence-corrected chi connectivity index (χ4v) is 3.05. The lowest BCUT2D eigenvalue weighted by Crippen LogP contribution is -2.41. The van der Waals surface area contributed by atoms with E-state index in [1.807, 2.05) is 0 Å². The Kier molecular flexibility index (Phi) is 5.87. The van der Waals surface area contributed by atoms with Crippen LogP contribution in [0.4, 0.5) is 0 Å². The average molecular weight is 279 g/mol. The molecule has 1 aliphatic heterocycles. The van der Waals surface area contributed by atoms with Crippen molar-refractivity contribution in [1.29, 1.82) is 0 Å². The molecule has 1 unspecified atom stereocenters. The number of aliphatic hydroxyl groups is 1. The van der Waals surface area contributed by atoms with E-state index in [1.165, 1.54) is 4.88 Å². The molecule has 1 aromatic rings. The Morgan fingerprint density at radius 3 is 3.21 bits per heavy atom. The zero-order chi connectivity index (χ0) is 13.5. The Hall–Kier alpha value is -0.860. The number of nitrogens with zero attached hydrogens (tertiary/aromatic N) is 1. The van der Waals surface area contributed by atoms with E-state index >= 15 is 0 Å². The van der Waals surface area contributed by atoms with Crippen molar-refractivity contribution in [3.8, 4) is 11.8 Å². The van der Waals surface area contributed by atoms with Gasteiger partial charge in [-0.15, -0.1) is 11.3 Å². The summed E-state index contributed by atoms with van der Waals surface area (Å²) >= 11 is 1.75. The highest BCUT2D eigenvalue weighted by molar-refractivity contribution is 7.12. The molecule has 0 radical (unpaired) electrons. The molecule has 1 N–H and O–H groups in total. The second kappa shape index (κ2) is 7.66. The molecule has 0 amide bonds. The SMILES string of the molecule is CCC1CN(Cc2ccc(C#CCCO)s2)CCO1. The normalized spacial score (nSPS) is 20.0. The largest absolute Gasteiger partial charge is 0.395 e. The Labute approximate surface area is 119 Å². The van der Waals surface area contributed by atoms with Crippen molar-refractivity contribution in [3.05, 3.63) is 21.9 Å². The molecule has 0 bridgehead atoms. The van der Waals surface area contributed by atoms with Crippen LogP contribution in [0.15, 0.2) is 12.1 Å². The number of thiophene rings is 1. The van der Waals surface area contributed by atoms with E-state index < -0.39 is 0 Å². The second-order valence-electron chi connectivity index (χ2n) is 4.68. The lowest BCUT2D eigenvalue weighted by Gasteiger charge is -2.32. The quantitative estimate of drug-likeness (QED) is 0.857. The minimum atomic E-state index is 0.136. The van der Waals surface area contributed by atoms with Crippen molar-refractivity contribution in [2.24, 2.45) is 0 Å². The summed E-state index contributed by atoms with van der Waals surface area (Å²) in [6, 6.07) is 4.23. The summed E-state index contributed by atoms with van der Waals surface area (Å²) in [5, 5.41) is 8.70. The van der Waals surface area contributed by atoms with Gasteiger partial charge in [-0.1, -0.05) is 18.8 Å². The van der Waals surface area contributed by atoms with Crippen molar-refractivity contribution in [2.75, 3.05) is 26.3 Å². The highest BCUT2D eigenvalue weighted by atomic mass is 32.1. The first-order valence-electron chi connectivity index (χ1n) is 6.84. The van der Waals surface area contributed by atoms with Gasteiger partial charge in [0.15, 0.2) is 0 Å². The van der Waals surface area contributed by atoms with Gasteiger partial charge in [-0.2, -0.15) is 0 Å². The topological polar surface area (TPSA) is 32.7 Å². The molecule has 1 aromatic heterocycles. The van der Waals surface area contributed by atoms with Crippen LogP contribution in [0.25, 0.3) is 0 Å².